The molecule has 148 valence electrons. The second kappa shape index (κ2) is 9.26. The maximum Gasteiger partial charge on any atom is 0.319 e. The van der Waals surface area contributed by atoms with Crippen molar-refractivity contribution in [2.24, 2.45) is 0 Å². The van der Waals surface area contributed by atoms with Crippen LogP contribution >= 0.6 is 0 Å². The fourth-order valence-corrected chi connectivity index (χ4v) is 3.31. The Morgan fingerprint density at radius 1 is 0.893 bits per heavy atom. The third-order valence-corrected chi connectivity index (χ3v) is 4.92. The lowest BCUT2D eigenvalue weighted by Gasteiger charge is -2.29. The summed E-state index contributed by atoms with van der Waals surface area (Å²) in [6.45, 7) is 1.55. The minimum atomic E-state index is -0.200. The average molecular weight is 382 g/mol. The molecule has 6 heteroatoms. The van der Waals surface area contributed by atoms with Crippen LogP contribution in [0.15, 0.2) is 48.5 Å². The van der Waals surface area contributed by atoms with Crippen LogP contribution in [0.2, 0.25) is 0 Å². The van der Waals surface area contributed by atoms with E-state index in [4.69, 9.17) is 9.47 Å². The summed E-state index contributed by atoms with van der Waals surface area (Å²) in [5.74, 6) is 1.57. The number of anilines is 1. The van der Waals surface area contributed by atoms with Crippen molar-refractivity contribution in [1.82, 2.24) is 5.32 Å². The molecule has 0 aliphatic heterocycles. The van der Waals surface area contributed by atoms with Crippen LogP contribution in [0.25, 0.3) is 0 Å². The first-order valence-corrected chi connectivity index (χ1v) is 9.52. The molecule has 0 unspecified atom stereocenters. The molecule has 0 atom stereocenters. The second-order valence-corrected chi connectivity index (χ2v) is 7.00. The summed E-state index contributed by atoms with van der Waals surface area (Å²) in [7, 11) is 1.61. The van der Waals surface area contributed by atoms with Crippen LogP contribution in [0, 0.1) is 0 Å². The van der Waals surface area contributed by atoms with E-state index in [-0.39, 0.29) is 24.0 Å². The first kappa shape index (κ1) is 19.7. The summed E-state index contributed by atoms with van der Waals surface area (Å²) >= 11 is 0. The van der Waals surface area contributed by atoms with Gasteiger partial charge in [-0.25, -0.2) is 4.79 Å². The number of urea groups is 1. The van der Waals surface area contributed by atoms with E-state index in [9.17, 15) is 9.59 Å². The summed E-state index contributed by atoms with van der Waals surface area (Å²) in [6, 6.07) is 14.4. The lowest BCUT2D eigenvalue weighted by molar-refractivity contribution is 0.101. The van der Waals surface area contributed by atoms with Gasteiger partial charge in [-0.2, -0.15) is 0 Å². The first-order valence-electron chi connectivity index (χ1n) is 9.52. The molecule has 0 radical (unpaired) electrons. The van der Waals surface area contributed by atoms with Gasteiger partial charge < -0.3 is 20.1 Å². The zero-order chi connectivity index (χ0) is 19.9. The number of carbonyl (C=O) groups excluding carboxylic acids is 2. The van der Waals surface area contributed by atoms with E-state index in [1.165, 1.54) is 0 Å². The molecular formula is C22H26N2O4. The number of ether oxygens (including phenoxy) is 2. The monoisotopic (exact) mass is 382 g/mol. The van der Waals surface area contributed by atoms with Crippen molar-refractivity contribution in [3.05, 3.63) is 54.1 Å². The lowest BCUT2D eigenvalue weighted by Crippen LogP contribution is -2.41. The number of ketones is 1. The summed E-state index contributed by atoms with van der Waals surface area (Å²) < 4.78 is 11.1. The van der Waals surface area contributed by atoms with E-state index in [0.29, 0.717) is 5.56 Å². The van der Waals surface area contributed by atoms with Crippen molar-refractivity contribution in [3.63, 3.8) is 0 Å². The van der Waals surface area contributed by atoms with Crippen molar-refractivity contribution in [3.8, 4) is 11.5 Å². The van der Waals surface area contributed by atoms with E-state index >= 15 is 0 Å². The van der Waals surface area contributed by atoms with Gasteiger partial charge in [0.1, 0.15) is 11.5 Å². The van der Waals surface area contributed by atoms with Crippen molar-refractivity contribution in [2.75, 3.05) is 12.4 Å². The Morgan fingerprint density at radius 3 is 2.07 bits per heavy atom. The number of methoxy groups -OCH3 is 1. The zero-order valence-corrected chi connectivity index (χ0v) is 16.2. The van der Waals surface area contributed by atoms with Crippen LogP contribution in [0.3, 0.4) is 0 Å². The molecule has 1 saturated carbocycles. The number of Topliss-reactive ketones (excluding diaryl/α,β-unsaturated/α-hetero) is 1. The van der Waals surface area contributed by atoms with Crippen molar-refractivity contribution < 1.29 is 19.1 Å². The van der Waals surface area contributed by atoms with E-state index in [2.05, 4.69) is 10.6 Å². The van der Waals surface area contributed by atoms with Gasteiger partial charge in [-0.3, -0.25) is 4.79 Å². The van der Waals surface area contributed by atoms with Gasteiger partial charge in [0, 0.05) is 17.3 Å². The molecule has 0 aromatic heterocycles. The summed E-state index contributed by atoms with van der Waals surface area (Å²) in [5.41, 5.74) is 1.41. The van der Waals surface area contributed by atoms with Gasteiger partial charge in [-0.1, -0.05) is 0 Å². The summed E-state index contributed by atoms with van der Waals surface area (Å²) in [6.07, 6.45) is 3.62. The number of amides is 2. The molecule has 1 aliphatic rings. The lowest BCUT2D eigenvalue weighted by atomic mass is 9.93. The Kier molecular flexibility index (Phi) is 6.53. The van der Waals surface area contributed by atoms with E-state index in [0.717, 1.165) is 42.9 Å². The Hall–Kier alpha value is -3.02. The Morgan fingerprint density at radius 2 is 1.50 bits per heavy atom. The predicted molar refractivity (Wildman–Crippen MR) is 108 cm³/mol. The van der Waals surface area contributed by atoms with E-state index in [1.807, 2.05) is 12.1 Å². The van der Waals surface area contributed by atoms with Crippen LogP contribution in [0.4, 0.5) is 10.5 Å². The highest BCUT2D eigenvalue weighted by molar-refractivity contribution is 5.94. The van der Waals surface area contributed by atoms with Crippen LogP contribution in [-0.2, 0) is 0 Å². The zero-order valence-electron chi connectivity index (χ0n) is 16.2. The molecule has 6 nitrogen and oxygen atoms in total. The Bertz CT molecular complexity index is 794. The number of hydrogen-bond acceptors (Lipinski definition) is 4. The maximum atomic E-state index is 12.2. The predicted octanol–water partition coefficient (Wildman–Crippen LogP) is 4.41. The van der Waals surface area contributed by atoms with Crippen LogP contribution in [0.5, 0.6) is 11.5 Å². The molecule has 0 saturated heterocycles. The molecule has 28 heavy (non-hydrogen) atoms. The van der Waals surface area contributed by atoms with Crippen LogP contribution in [-0.4, -0.2) is 31.1 Å². The summed E-state index contributed by atoms with van der Waals surface area (Å²) in [5, 5.41) is 5.87. The molecule has 2 aromatic carbocycles. The topological polar surface area (TPSA) is 76.7 Å². The molecule has 2 aromatic rings. The largest absolute Gasteiger partial charge is 0.497 e. The molecular weight excluding hydrogens is 356 g/mol. The highest BCUT2D eigenvalue weighted by Crippen LogP contribution is 2.24. The number of nitrogens with one attached hydrogen (secondary N) is 2. The molecule has 0 heterocycles. The SMILES string of the molecule is COc1ccc(NC(=O)N[C@H]2CC[C@@H](Oc3ccc(C(C)=O)cc3)CC2)cc1. The number of rotatable bonds is 6. The van der Waals surface area contributed by atoms with Crippen molar-refractivity contribution in [1.29, 1.82) is 0 Å². The first-order chi connectivity index (χ1) is 13.5. The van der Waals surface area contributed by atoms with E-state index in [1.54, 1.807) is 50.4 Å². The van der Waals surface area contributed by atoms with Crippen molar-refractivity contribution >= 4 is 17.5 Å². The quantitative estimate of drug-likeness (QED) is 0.726. The van der Waals surface area contributed by atoms with Crippen molar-refractivity contribution in [2.45, 2.75) is 44.8 Å². The number of hydrogen-bond donors (Lipinski definition) is 2. The maximum absolute atomic E-state index is 12.2. The fourth-order valence-electron chi connectivity index (χ4n) is 3.31. The molecule has 3 rings (SSSR count). The molecule has 2 N–H and O–H groups in total. The Balaban J connectivity index is 1.41. The standard InChI is InChI=1S/C22H26N2O4/c1-15(25)16-3-9-20(10-4-16)28-21-13-7-18(8-14-21)24-22(26)23-17-5-11-19(27-2)12-6-17/h3-6,9-12,18,21H,7-8,13-14H2,1-2H3,(H2,23,24,26)/t18-,21+. The third kappa shape index (κ3) is 5.49. The van der Waals surface area contributed by atoms with E-state index < -0.39 is 0 Å². The molecule has 0 bridgehead atoms. The minimum absolute atomic E-state index is 0.0473. The number of carbonyl (C=O) groups is 2. The molecule has 1 aliphatic carbocycles. The third-order valence-electron chi connectivity index (χ3n) is 4.92. The van der Waals surface area contributed by atoms with Crippen LogP contribution in [0.1, 0.15) is 43.0 Å². The van der Waals surface area contributed by atoms with Crippen LogP contribution < -0.4 is 20.1 Å². The molecule has 1 fully saturated rings. The van der Waals surface area contributed by atoms with Gasteiger partial charge in [0.15, 0.2) is 5.78 Å². The van der Waals surface area contributed by atoms with Gasteiger partial charge in [0.2, 0.25) is 0 Å². The normalized spacial score (nSPS) is 18.8. The second-order valence-electron chi connectivity index (χ2n) is 7.00. The highest BCUT2D eigenvalue weighted by Gasteiger charge is 2.23. The minimum Gasteiger partial charge on any atom is -0.497 e. The molecule has 2 amide bonds. The van der Waals surface area contributed by atoms with Gasteiger partial charge >= 0.3 is 6.03 Å². The molecule has 0 spiro atoms. The van der Waals surface area contributed by atoms with Gasteiger partial charge in [0.25, 0.3) is 0 Å². The van der Waals surface area contributed by atoms with Gasteiger partial charge in [-0.05, 0) is 81.1 Å². The van der Waals surface area contributed by atoms with Gasteiger partial charge in [0.05, 0.1) is 13.2 Å². The average Bonchev–Trinajstić information content (AvgIpc) is 2.70. The highest BCUT2D eigenvalue weighted by atomic mass is 16.5. The summed E-state index contributed by atoms with van der Waals surface area (Å²) in [4.78, 5) is 23.5. The Labute approximate surface area is 165 Å². The smallest absolute Gasteiger partial charge is 0.319 e. The van der Waals surface area contributed by atoms with Gasteiger partial charge in [-0.15, -0.1) is 0 Å². The fraction of sp³-hybridized carbons (Fsp3) is 0.364. The number of benzene rings is 2.